The van der Waals surface area contributed by atoms with Crippen LogP contribution in [0.2, 0.25) is 0 Å². The molecule has 2 rings (SSSR count). The number of esters is 1. The smallest absolute Gasteiger partial charge is 0.339 e. The summed E-state index contributed by atoms with van der Waals surface area (Å²) in [5.41, 5.74) is 2.76. The van der Waals surface area contributed by atoms with E-state index in [0.29, 0.717) is 11.6 Å². The Hall–Kier alpha value is -1.29. The van der Waals surface area contributed by atoms with Gasteiger partial charge in [-0.15, -0.1) is 0 Å². The van der Waals surface area contributed by atoms with Crippen molar-refractivity contribution >= 4 is 5.97 Å². The molecule has 0 amide bonds. The molecule has 1 fully saturated rings. The molecule has 94 valence electrons. The SMILES string of the molecule is COC(=O)c1cc(CNC2CCC2)n(C)c1C. The predicted octanol–water partition coefficient (Wildman–Crippen LogP) is 1.76. The number of hydrogen-bond acceptors (Lipinski definition) is 3. The molecular formula is C13H20N2O2. The van der Waals surface area contributed by atoms with Gasteiger partial charge in [-0.1, -0.05) is 6.42 Å². The fourth-order valence-electron chi connectivity index (χ4n) is 2.11. The number of hydrogen-bond donors (Lipinski definition) is 1. The Morgan fingerprint density at radius 1 is 1.59 bits per heavy atom. The van der Waals surface area contributed by atoms with E-state index < -0.39 is 0 Å². The summed E-state index contributed by atoms with van der Waals surface area (Å²) >= 11 is 0. The largest absolute Gasteiger partial charge is 0.465 e. The molecule has 1 heterocycles. The lowest BCUT2D eigenvalue weighted by Gasteiger charge is -2.26. The lowest BCUT2D eigenvalue weighted by Crippen LogP contribution is -2.34. The summed E-state index contributed by atoms with van der Waals surface area (Å²) < 4.78 is 6.82. The Morgan fingerprint density at radius 3 is 2.82 bits per heavy atom. The number of methoxy groups -OCH3 is 1. The summed E-state index contributed by atoms with van der Waals surface area (Å²) in [5.74, 6) is -0.256. The van der Waals surface area contributed by atoms with E-state index in [2.05, 4.69) is 9.88 Å². The molecule has 1 N–H and O–H groups in total. The van der Waals surface area contributed by atoms with Gasteiger partial charge in [-0.05, 0) is 25.8 Å². The van der Waals surface area contributed by atoms with Gasteiger partial charge in [0.2, 0.25) is 0 Å². The summed E-state index contributed by atoms with van der Waals surface area (Å²) in [6.07, 6.45) is 3.87. The molecule has 1 saturated carbocycles. The molecular weight excluding hydrogens is 216 g/mol. The van der Waals surface area contributed by atoms with Crippen LogP contribution >= 0.6 is 0 Å². The van der Waals surface area contributed by atoms with Crippen molar-refractivity contribution in [2.75, 3.05) is 7.11 Å². The van der Waals surface area contributed by atoms with E-state index >= 15 is 0 Å². The van der Waals surface area contributed by atoms with Gasteiger partial charge < -0.3 is 14.6 Å². The highest BCUT2D eigenvalue weighted by Crippen LogP contribution is 2.20. The zero-order valence-corrected chi connectivity index (χ0v) is 10.7. The Labute approximate surface area is 102 Å². The summed E-state index contributed by atoms with van der Waals surface area (Å²) in [4.78, 5) is 11.5. The van der Waals surface area contributed by atoms with Crippen molar-refractivity contribution in [3.63, 3.8) is 0 Å². The molecule has 0 spiro atoms. The number of aromatic nitrogens is 1. The second kappa shape index (κ2) is 4.92. The monoisotopic (exact) mass is 236 g/mol. The molecule has 0 atom stereocenters. The number of nitrogens with one attached hydrogen (secondary N) is 1. The van der Waals surface area contributed by atoms with Gasteiger partial charge in [0.25, 0.3) is 0 Å². The van der Waals surface area contributed by atoms with Crippen LogP contribution in [0, 0.1) is 6.92 Å². The van der Waals surface area contributed by atoms with Crippen LogP contribution in [0.3, 0.4) is 0 Å². The number of carbonyl (C=O) groups excluding carboxylic acids is 1. The standard InChI is InChI=1S/C13H20N2O2/c1-9-12(13(16)17-3)7-11(15(9)2)8-14-10-5-4-6-10/h7,10,14H,4-6,8H2,1-3H3. The first-order chi connectivity index (χ1) is 8.13. The third-order valence-corrected chi connectivity index (χ3v) is 3.72. The predicted molar refractivity (Wildman–Crippen MR) is 66.0 cm³/mol. The van der Waals surface area contributed by atoms with Crippen LogP contribution in [-0.4, -0.2) is 23.7 Å². The van der Waals surface area contributed by atoms with Gasteiger partial charge in [0.1, 0.15) is 0 Å². The molecule has 4 heteroatoms. The molecule has 0 saturated heterocycles. The van der Waals surface area contributed by atoms with E-state index in [1.165, 1.54) is 26.4 Å². The second-order valence-corrected chi connectivity index (χ2v) is 4.69. The van der Waals surface area contributed by atoms with Crippen molar-refractivity contribution in [2.45, 2.75) is 38.8 Å². The van der Waals surface area contributed by atoms with Gasteiger partial charge in [0, 0.05) is 31.0 Å². The quantitative estimate of drug-likeness (QED) is 0.810. The minimum atomic E-state index is -0.256. The average Bonchev–Trinajstić information content (AvgIpc) is 2.54. The van der Waals surface area contributed by atoms with Crippen molar-refractivity contribution in [3.05, 3.63) is 23.0 Å². The fourth-order valence-corrected chi connectivity index (χ4v) is 2.11. The molecule has 4 nitrogen and oxygen atoms in total. The van der Waals surface area contributed by atoms with Crippen LogP contribution in [-0.2, 0) is 18.3 Å². The summed E-state index contributed by atoms with van der Waals surface area (Å²) in [7, 11) is 3.40. The van der Waals surface area contributed by atoms with E-state index in [-0.39, 0.29) is 5.97 Å². The molecule has 1 aromatic rings. The molecule has 1 aliphatic carbocycles. The third kappa shape index (κ3) is 2.36. The van der Waals surface area contributed by atoms with Crippen LogP contribution in [0.1, 0.15) is 41.0 Å². The van der Waals surface area contributed by atoms with E-state index in [9.17, 15) is 4.79 Å². The first-order valence-electron chi connectivity index (χ1n) is 6.10. The highest BCUT2D eigenvalue weighted by molar-refractivity contribution is 5.91. The molecule has 17 heavy (non-hydrogen) atoms. The first kappa shape index (κ1) is 12.2. The maximum absolute atomic E-state index is 11.5. The van der Waals surface area contributed by atoms with Gasteiger partial charge >= 0.3 is 5.97 Å². The number of rotatable bonds is 4. The number of nitrogens with zero attached hydrogens (tertiary/aromatic N) is 1. The highest BCUT2D eigenvalue weighted by atomic mass is 16.5. The summed E-state index contributed by atoms with van der Waals surface area (Å²) in [6, 6.07) is 2.58. The Bertz CT molecular complexity index is 419. The van der Waals surface area contributed by atoms with Crippen molar-refractivity contribution in [2.24, 2.45) is 7.05 Å². The second-order valence-electron chi connectivity index (χ2n) is 4.69. The average molecular weight is 236 g/mol. The van der Waals surface area contributed by atoms with Crippen molar-refractivity contribution < 1.29 is 9.53 Å². The summed E-state index contributed by atoms with van der Waals surface area (Å²) in [5, 5.41) is 3.50. The van der Waals surface area contributed by atoms with Gasteiger partial charge in [-0.2, -0.15) is 0 Å². The van der Waals surface area contributed by atoms with Crippen LogP contribution in [0.4, 0.5) is 0 Å². The number of carbonyl (C=O) groups is 1. The molecule has 1 aromatic heterocycles. The van der Waals surface area contributed by atoms with Crippen molar-refractivity contribution in [1.29, 1.82) is 0 Å². The van der Waals surface area contributed by atoms with Crippen LogP contribution in [0.5, 0.6) is 0 Å². The van der Waals surface area contributed by atoms with Gasteiger partial charge in [0.15, 0.2) is 0 Å². The van der Waals surface area contributed by atoms with Crippen LogP contribution < -0.4 is 5.32 Å². The maximum Gasteiger partial charge on any atom is 0.339 e. The fraction of sp³-hybridized carbons (Fsp3) is 0.615. The molecule has 0 aromatic carbocycles. The van der Waals surface area contributed by atoms with E-state index in [4.69, 9.17) is 4.74 Å². The topological polar surface area (TPSA) is 43.3 Å². The molecule has 0 radical (unpaired) electrons. The molecule has 0 unspecified atom stereocenters. The Balaban J connectivity index is 2.08. The lowest BCUT2D eigenvalue weighted by molar-refractivity contribution is 0.0600. The molecule has 1 aliphatic rings. The minimum Gasteiger partial charge on any atom is -0.465 e. The van der Waals surface area contributed by atoms with E-state index in [1.807, 2.05) is 20.0 Å². The minimum absolute atomic E-state index is 0.256. The van der Waals surface area contributed by atoms with Gasteiger partial charge in [-0.3, -0.25) is 0 Å². The Kier molecular flexibility index (Phi) is 3.52. The van der Waals surface area contributed by atoms with Crippen LogP contribution in [0.25, 0.3) is 0 Å². The Morgan fingerprint density at radius 2 is 2.29 bits per heavy atom. The van der Waals surface area contributed by atoms with Crippen LogP contribution in [0.15, 0.2) is 6.07 Å². The number of ether oxygens (including phenoxy) is 1. The summed E-state index contributed by atoms with van der Waals surface area (Å²) in [6.45, 7) is 2.76. The van der Waals surface area contributed by atoms with Gasteiger partial charge in [0.05, 0.1) is 12.7 Å². The highest BCUT2D eigenvalue weighted by Gasteiger charge is 2.19. The zero-order valence-electron chi connectivity index (χ0n) is 10.7. The first-order valence-corrected chi connectivity index (χ1v) is 6.10. The normalized spacial score (nSPS) is 15.7. The zero-order chi connectivity index (χ0) is 12.4. The van der Waals surface area contributed by atoms with E-state index in [1.54, 1.807) is 0 Å². The van der Waals surface area contributed by atoms with Crippen molar-refractivity contribution in [3.8, 4) is 0 Å². The maximum atomic E-state index is 11.5. The van der Waals surface area contributed by atoms with Crippen molar-refractivity contribution in [1.82, 2.24) is 9.88 Å². The van der Waals surface area contributed by atoms with E-state index in [0.717, 1.165) is 17.9 Å². The molecule has 0 aliphatic heterocycles. The third-order valence-electron chi connectivity index (χ3n) is 3.72. The molecule has 0 bridgehead atoms. The van der Waals surface area contributed by atoms with Gasteiger partial charge in [-0.25, -0.2) is 4.79 Å². The lowest BCUT2D eigenvalue weighted by atomic mass is 9.93.